The Morgan fingerprint density at radius 1 is 0.975 bits per heavy atom. The van der Waals surface area contributed by atoms with Gasteiger partial charge in [-0.05, 0) is 61.4 Å². The van der Waals surface area contributed by atoms with Gasteiger partial charge in [0.05, 0.1) is 23.4 Å². The molecule has 1 amide bonds. The van der Waals surface area contributed by atoms with Crippen molar-refractivity contribution in [1.29, 1.82) is 0 Å². The van der Waals surface area contributed by atoms with Crippen LogP contribution >= 0.6 is 0 Å². The largest absolute Gasteiger partial charge is 0.504 e. The summed E-state index contributed by atoms with van der Waals surface area (Å²) in [4.78, 5) is 42.7. The molecule has 0 unspecified atom stereocenters. The van der Waals surface area contributed by atoms with Crippen molar-refractivity contribution in [3.63, 3.8) is 0 Å². The Morgan fingerprint density at radius 3 is 2.40 bits per heavy atom. The predicted molar refractivity (Wildman–Crippen MR) is 148 cm³/mol. The third-order valence-electron chi connectivity index (χ3n) is 6.62. The number of nitrogens with one attached hydrogen (secondary N) is 1. The Morgan fingerprint density at radius 2 is 1.70 bits per heavy atom. The van der Waals surface area contributed by atoms with Gasteiger partial charge in [-0.1, -0.05) is 24.3 Å². The van der Waals surface area contributed by atoms with Gasteiger partial charge >= 0.3 is 0 Å². The summed E-state index contributed by atoms with van der Waals surface area (Å²) in [5.74, 6) is -2.11. The van der Waals surface area contributed by atoms with E-state index in [2.05, 4.69) is 10.3 Å². The summed E-state index contributed by atoms with van der Waals surface area (Å²) >= 11 is 0. The third kappa shape index (κ3) is 4.94. The SMILES string of the molecule is CC(=O)Cn1c(C)c(C(=O)Nc2ccc(Cc3ccnc4cc(O)c(O)cc34)c(F)c2)c(=O)n1-c1ccccc1. The minimum Gasteiger partial charge on any atom is -0.504 e. The molecule has 0 radical (unpaired) electrons. The minimum absolute atomic E-state index is 0.104. The highest BCUT2D eigenvalue weighted by Crippen LogP contribution is 2.32. The van der Waals surface area contributed by atoms with Gasteiger partial charge in [0.15, 0.2) is 17.3 Å². The molecule has 2 heterocycles. The summed E-state index contributed by atoms with van der Waals surface area (Å²) in [6, 6.07) is 17.3. The summed E-state index contributed by atoms with van der Waals surface area (Å²) < 4.78 is 17.9. The zero-order valence-electron chi connectivity index (χ0n) is 21.7. The van der Waals surface area contributed by atoms with Crippen molar-refractivity contribution in [2.45, 2.75) is 26.8 Å². The maximum absolute atomic E-state index is 15.2. The second-order valence-electron chi connectivity index (χ2n) is 9.44. The van der Waals surface area contributed by atoms with Crippen LogP contribution in [0.15, 0.2) is 77.7 Å². The molecule has 3 N–H and O–H groups in total. The monoisotopic (exact) mass is 540 g/mol. The standard InChI is InChI=1S/C30H25FN4O5/c1-17(36)16-34-18(2)28(30(40)35(34)22-6-4-3-5-7-22)29(39)33-21-9-8-20(24(31)13-21)12-19-10-11-32-25-15-27(38)26(37)14-23(19)25/h3-11,13-15,37-38H,12,16H2,1-2H3,(H,33,39). The number of aromatic hydroxyl groups is 2. The highest BCUT2D eigenvalue weighted by Gasteiger charge is 2.24. The molecule has 0 bridgehead atoms. The highest BCUT2D eigenvalue weighted by molar-refractivity contribution is 6.05. The molecule has 0 aliphatic carbocycles. The average Bonchev–Trinajstić information content (AvgIpc) is 3.15. The van der Waals surface area contributed by atoms with E-state index in [1.807, 2.05) is 0 Å². The zero-order valence-corrected chi connectivity index (χ0v) is 21.7. The third-order valence-corrected chi connectivity index (χ3v) is 6.62. The molecule has 0 fully saturated rings. The van der Waals surface area contributed by atoms with Crippen molar-refractivity contribution in [1.82, 2.24) is 14.3 Å². The number of aromatic nitrogens is 3. The van der Waals surface area contributed by atoms with E-state index in [0.29, 0.717) is 33.4 Å². The van der Waals surface area contributed by atoms with Crippen LogP contribution in [-0.4, -0.2) is 36.3 Å². The molecule has 10 heteroatoms. The molecule has 3 aromatic carbocycles. The van der Waals surface area contributed by atoms with Gasteiger partial charge in [-0.25, -0.2) is 9.07 Å². The normalized spacial score (nSPS) is 11.1. The fourth-order valence-corrected chi connectivity index (χ4v) is 4.69. The van der Waals surface area contributed by atoms with Crippen molar-refractivity contribution in [3.8, 4) is 17.2 Å². The van der Waals surface area contributed by atoms with Crippen molar-refractivity contribution >= 4 is 28.3 Å². The first-order valence-electron chi connectivity index (χ1n) is 12.4. The molecule has 0 aliphatic heterocycles. The van der Waals surface area contributed by atoms with Gasteiger partial charge < -0.3 is 15.5 Å². The lowest BCUT2D eigenvalue weighted by molar-refractivity contribution is -0.117. The number of carbonyl (C=O) groups excluding carboxylic acids is 2. The van der Waals surface area contributed by atoms with Gasteiger partial charge in [-0.2, -0.15) is 0 Å². The molecule has 0 aliphatic rings. The van der Waals surface area contributed by atoms with Crippen LogP contribution in [-0.2, 0) is 17.8 Å². The number of ketones is 1. The number of para-hydroxylation sites is 1. The number of benzene rings is 3. The Labute approximate surface area is 227 Å². The smallest absolute Gasteiger partial charge is 0.284 e. The Balaban J connectivity index is 1.44. The van der Waals surface area contributed by atoms with Gasteiger partial charge in [0.2, 0.25) is 0 Å². The van der Waals surface area contributed by atoms with Crippen molar-refractivity contribution in [3.05, 3.63) is 111 Å². The topological polar surface area (TPSA) is 126 Å². The number of rotatable bonds is 7. The molecule has 202 valence electrons. The first kappa shape index (κ1) is 26.4. The van der Waals surface area contributed by atoms with E-state index in [9.17, 15) is 24.6 Å². The molecule has 0 saturated heterocycles. The second-order valence-corrected chi connectivity index (χ2v) is 9.44. The summed E-state index contributed by atoms with van der Waals surface area (Å²) in [7, 11) is 0. The highest BCUT2D eigenvalue weighted by atomic mass is 19.1. The van der Waals surface area contributed by atoms with Crippen LogP contribution in [0.3, 0.4) is 0 Å². The van der Waals surface area contributed by atoms with Crippen LogP contribution in [0.4, 0.5) is 10.1 Å². The molecular weight excluding hydrogens is 515 g/mol. The number of phenolic OH excluding ortho intramolecular Hbond substituents is 2. The van der Waals surface area contributed by atoms with Gasteiger partial charge in [0, 0.05) is 29.8 Å². The molecule has 2 aromatic heterocycles. The van der Waals surface area contributed by atoms with Crippen LogP contribution < -0.4 is 10.9 Å². The van der Waals surface area contributed by atoms with Crippen LogP contribution in [0, 0.1) is 12.7 Å². The molecule has 40 heavy (non-hydrogen) atoms. The van der Waals surface area contributed by atoms with E-state index in [4.69, 9.17) is 0 Å². The Kier molecular flexibility index (Phi) is 6.91. The number of anilines is 1. The second kappa shape index (κ2) is 10.5. The number of pyridine rings is 1. The van der Waals surface area contributed by atoms with E-state index in [-0.39, 0.29) is 41.5 Å². The lowest BCUT2D eigenvalue weighted by Crippen LogP contribution is -2.26. The predicted octanol–water partition coefficient (Wildman–Crippen LogP) is 4.48. The molecule has 9 nitrogen and oxygen atoms in total. The zero-order chi connectivity index (χ0) is 28.6. The molecule has 5 aromatic rings. The molecule has 0 spiro atoms. The number of fused-ring (bicyclic) bond motifs is 1. The van der Waals surface area contributed by atoms with Gasteiger partial charge in [0.25, 0.3) is 11.5 Å². The maximum Gasteiger partial charge on any atom is 0.284 e. The first-order chi connectivity index (χ1) is 19.1. The fourth-order valence-electron chi connectivity index (χ4n) is 4.69. The van der Waals surface area contributed by atoms with Crippen LogP contribution in [0.5, 0.6) is 11.5 Å². The van der Waals surface area contributed by atoms with E-state index in [1.165, 1.54) is 46.7 Å². The molecular formula is C30H25FN4O5. The fraction of sp³-hybridized carbons (Fsp3) is 0.133. The number of amides is 1. The van der Waals surface area contributed by atoms with Crippen molar-refractivity contribution < 1.29 is 24.2 Å². The summed E-state index contributed by atoms with van der Waals surface area (Å²) in [5, 5.41) is 22.8. The number of halogens is 1. The number of nitrogens with zero attached hydrogens (tertiary/aromatic N) is 3. The van der Waals surface area contributed by atoms with E-state index < -0.39 is 17.3 Å². The lowest BCUT2D eigenvalue weighted by Gasteiger charge is -2.12. The van der Waals surface area contributed by atoms with Gasteiger partial charge in [0.1, 0.15) is 11.4 Å². The number of hydrogen-bond acceptors (Lipinski definition) is 6. The molecule has 0 atom stereocenters. The van der Waals surface area contributed by atoms with E-state index in [1.54, 1.807) is 43.3 Å². The lowest BCUT2D eigenvalue weighted by atomic mass is 10.00. The Bertz CT molecular complexity index is 1840. The van der Waals surface area contributed by atoms with Crippen LogP contribution in [0.2, 0.25) is 0 Å². The van der Waals surface area contributed by atoms with Gasteiger partial charge in [-0.15, -0.1) is 0 Å². The minimum atomic E-state index is -0.725. The van der Waals surface area contributed by atoms with Crippen molar-refractivity contribution in [2.75, 3.05) is 5.32 Å². The van der Waals surface area contributed by atoms with E-state index >= 15 is 4.39 Å². The number of carbonyl (C=O) groups is 2. The van der Waals surface area contributed by atoms with Crippen LogP contribution in [0.1, 0.15) is 34.1 Å². The van der Waals surface area contributed by atoms with Crippen molar-refractivity contribution in [2.24, 2.45) is 0 Å². The number of phenols is 2. The van der Waals surface area contributed by atoms with Crippen LogP contribution in [0.25, 0.3) is 16.6 Å². The quantitative estimate of drug-likeness (QED) is 0.261. The van der Waals surface area contributed by atoms with Gasteiger partial charge in [-0.3, -0.25) is 24.0 Å². The first-order valence-corrected chi connectivity index (χ1v) is 12.4. The number of hydrogen-bond donors (Lipinski definition) is 3. The summed E-state index contributed by atoms with van der Waals surface area (Å²) in [5.41, 5.74) is 1.66. The molecule has 5 rings (SSSR count). The molecule has 0 saturated carbocycles. The maximum atomic E-state index is 15.2. The average molecular weight is 541 g/mol. The Hall–Kier alpha value is -5.25. The van der Waals surface area contributed by atoms with E-state index in [0.717, 1.165) is 6.07 Å². The summed E-state index contributed by atoms with van der Waals surface area (Å²) in [6.07, 6.45) is 1.70. The number of Topliss-reactive ketones (excluding diaryl/α,β-unsaturated/α-hetero) is 1. The summed E-state index contributed by atoms with van der Waals surface area (Å²) in [6.45, 7) is 2.87.